The summed E-state index contributed by atoms with van der Waals surface area (Å²) in [6.45, 7) is 0. The molecule has 0 aliphatic heterocycles. The summed E-state index contributed by atoms with van der Waals surface area (Å²) in [5, 5.41) is 7.30. The maximum Gasteiger partial charge on any atom is 0.299 e. The Bertz CT molecular complexity index is 364. The SMILES string of the molecule is Cn1nnc2c1CCCCC(P)C2(F)F. The van der Waals surface area contributed by atoms with E-state index in [-0.39, 0.29) is 5.69 Å². The minimum Gasteiger partial charge on any atom is -0.252 e. The van der Waals surface area contributed by atoms with Crippen molar-refractivity contribution in [1.82, 2.24) is 15.0 Å². The van der Waals surface area contributed by atoms with Gasteiger partial charge in [-0.1, -0.05) is 11.6 Å². The molecule has 1 aromatic heterocycles. The Morgan fingerprint density at radius 3 is 2.93 bits per heavy atom. The first-order valence-electron chi connectivity index (χ1n) is 5.06. The summed E-state index contributed by atoms with van der Waals surface area (Å²) < 4.78 is 29.3. The lowest BCUT2D eigenvalue weighted by Gasteiger charge is -2.24. The van der Waals surface area contributed by atoms with Gasteiger partial charge in [-0.15, -0.1) is 14.3 Å². The molecule has 2 rings (SSSR count). The molecule has 0 bridgehead atoms. The maximum atomic E-state index is 13.9. The van der Waals surface area contributed by atoms with E-state index >= 15 is 0 Å². The molecule has 0 amide bonds. The number of alkyl halides is 2. The van der Waals surface area contributed by atoms with Gasteiger partial charge in [0, 0.05) is 12.7 Å². The monoisotopic (exact) mass is 233 g/mol. The first kappa shape index (κ1) is 10.9. The van der Waals surface area contributed by atoms with Gasteiger partial charge >= 0.3 is 0 Å². The molecule has 1 aliphatic rings. The van der Waals surface area contributed by atoms with E-state index in [1.807, 2.05) is 0 Å². The molecule has 1 aromatic rings. The fraction of sp³-hybridized carbons (Fsp3) is 0.778. The Morgan fingerprint density at radius 2 is 2.20 bits per heavy atom. The second-order valence-corrected chi connectivity index (χ2v) is 4.79. The molecule has 6 heteroatoms. The minimum atomic E-state index is -2.87. The van der Waals surface area contributed by atoms with Crippen molar-refractivity contribution in [3.8, 4) is 0 Å². The number of fused-ring (bicyclic) bond motifs is 1. The average molecular weight is 233 g/mol. The van der Waals surface area contributed by atoms with Gasteiger partial charge in [-0.05, 0) is 19.3 Å². The lowest BCUT2D eigenvalue weighted by molar-refractivity contribution is -0.0161. The molecule has 3 nitrogen and oxygen atoms in total. The van der Waals surface area contributed by atoms with E-state index in [2.05, 4.69) is 19.6 Å². The fourth-order valence-corrected chi connectivity index (χ4v) is 2.32. The van der Waals surface area contributed by atoms with Crippen LogP contribution in [0.1, 0.15) is 30.7 Å². The van der Waals surface area contributed by atoms with E-state index in [0.29, 0.717) is 18.5 Å². The van der Waals surface area contributed by atoms with Crippen LogP contribution in [-0.2, 0) is 19.4 Å². The molecule has 0 N–H and O–H groups in total. The average Bonchev–Trinajstić information content (AvgIpc) is 2.53. The van der Waals surface area contributed by atoms with Crippen LogP contribution in [0, 0.1) is 0 Å². The predicted molar refractivity (Wildman–Crippen MR) is 56.0 cm³/mol. The number of hydrogen-bond acceptors (Lipinski definition) is 2. The van der Waals surface area contributed by atoms with Crippen LogP contribution >= 0.6 is 9.24 Å². The van der Waals surface area contributed by atoms with Crippen LogP contribution in [0.4, 0.5) is 8.78 Å². The zero-order valence-electron chi connectivity index (χ0n) is 8.58. The van der Waals surface area contributed by atoms with Crippen molar-refractivity contribution in [3.63, 3.8) is 0 Å². The Morgan fingerprint density at radius 1 is 1.47 bits per heavy atom. The van der Waals surface area contributed by atoms with Crippen LogP contribution in [0.3, 0.4) is 0 Å². The number of halogens is 2. The van der Waals surface area contributed by atoms with Crippen LogP contribution in [-0.4, -0.2) is 20.7 Å². The maximum absolute atomic E-state index is 13.9. The van der Waals surface area contributed by atoms with Gasteiger partial charge in [-0.3, -0.25) is 4.68 Å². The van der Waals surface area contributed by atoms with Crippen molar-refractivity contribution in [2.24, 2.45) is 7.05 Å². The zero-order valence-corrected chi connectivity index (χ0v) is 9.74. The van der Waals surface area contributed by atoms with Crippen LogP contribution in [0.2, 0.25) is 0 Å². The lowest BCUT2D eigenvalue weighted by Crippen LogP contribution is -2.29. The van der Waals surface area contributed by atoms with Gasteiger partial charge in [-0.25, -0.2) is 0 Å². The molecule has 0 radical (unpaired) electrons. The van der Waals surface area contributed by atoms with Gasteiger partial charge in [0.2, 0.25) is 0 Å². The molecule has 0 aromatic carbocycles. The quantitative estimate of drug-likeness (QED) is 0.640. The summed E-state index contributed by atoms with van der Waals surface area (Å²) in [6, 6.07) is 0. The highest BCUT2D eigenvalue weighted by molar-refractivity contribution is 7.17. The molecule has 0 saturated heterocycles. The molecule has 15 heavy (non-hydrogen) atoms. The molecular formula is C9H14F2N3P. The molecule has 2 unspecified atom stereocenters. The number of aromatic nitrogens is 3. The highest BCUT2D eigenvalue weighted by Gasteiger charge is 2.44. The molecule has 0 fully saturated rings. The third kappa shape index (κ3) is 1.78. The molecular weight excluding hydrogens is 219 g/mol. The van der Waals surface area contributed by atoms with Crippen molar-refractivity contribution in [3.05, 3.63) is 11.4 Å². The number of aryl methyl sites for hydroxylation is 1. The van der Waals surface area contributed by atoms with Gasteiger partial charge in [-0.2, -0.15) is 8.78 Å². The van der Waals surface area contributed by atoms with Gasteiger partial charge < -0.3 is 0 Å². The van der Waals surface area contributed by atoms with E-state index in [4.69, 9.17) is 0 Å². The summed E-state index contributed by atoms with van der Waals surface area (Å²) in [4.78, 5) is 0. The molecule has 1 heterocycles. The Hall–Kier alpha value is -0.570. The van der Waals surface area contributed by atoms with Crippen molar-refractivity contribution in [1.29, 1.82) is 0 Å². The van der Waals surface area contributed by atoms with Crippen molar-refractivity contribution in [2.75, 3.05) is 0 Å². The van der Waals surface area contributed by atoms with Crippen LogP contribution in [0.25, 0.3) is 0 Å². The minimum absolute atomic E-state index is 0.135. The second kappa shape index (κ2) is 3.78. The normalized spacial score (nSPS) is 25.5. The van der Waals surface area contributed by atoms with Crippen LogP contribution in [0.5, 0.6) is 0 Å². The Balaban J connectivity index is 2.48. The lowest BCUT2D eigenvalue weighted by atomic mass is 9.97. The van der Waals surface area contributed by atoms with Gasteiger partial charge in [0.15, 0.2) is 5.69 Å². The summed E-state index contributed by atoms with van der Waals surface area (Å²) >= 11 is 0. The van der Waals surface area contributed by atoms with Crippen LogP contribution in [0.15, 0.2) is 0 Å². The highest BCUT2D eigenvalue weighted by atomic mass is 31.0. The number of nitrogens with zero attached hydrogens (tertiary/aromatic N) is 3. The van der Waals surface area contributed by atoms with E-state index in [1.54, 1.807) is 7.05 Å². The van der Waals surface area contributed by atoms with Crippen molar-refractivity contribution < 1.29 is 8.78 Å². The van der Waals surface area contributed by atoms with Gasteiger partial charge in [0.05, 0.1) is 5.69 Å². The molecule has 0 spiro atoms. The smallest absolute Gasteiger partial charge is 0.252 e. The topological polar surface area (TPSA) is 30.7 Å². The van der Waals surface area contributed by atoms with E-state index in [9.17, 15) is 8.78 Å². The first-order valence-corrected chi connectivity index (χ1v) is 5.72. The number of hydrogen-bond donors (Lipinski definition) is 0. The van der Waals surface area contributed by atoms with Crippen molar-refractivity contribution >= 4 is 9.24 Å². The van der Waals surface area contributed by atoms with Gasteiger partial charge in [0.1, 0.15) is 0 Å². The Kier molecular flexibility index (Phi) is 2.75. The first-order chi connectivity index (χ1) is 7.03. The molecule has 84 valence electrons. The Labute approximate surface area is 89.4 Å². The van der Waals surface area contributed by atoms with E-state index < -0.39 is 11.6 Å². The predicted octanol–water partition coefficient (Wildman–Crippen LogP) is 1.88. The third-order valence-corrected chi connectivity index (χ3v) is 3.65. The largest absolute Gasteiger partial charge is 0.299 e. The summed E-state index contributed by atoms with van der Waals surface area (Å²) in [6.07, 6.45) is 2.92. The van der Waals surface area contributed by atoms with E-state index in [0.717, 1.165) is 12.8 Å². The zero-order chi connectivity index (χ0) is 11.1. The molecule has 0 saturated carbocycles. The molecule has 1 aliphatic carbocycles. The summed E-state index contributed by atoms with van der Waals surface area (Å²) in [5.74, 6) is -2.87. The van der Waals surface area contributed by atoms with Gasteiger partial charge in [0.25, 0.3) is 5.92 Å². The summed E-state index contributed by atoms with van der Waals surface area (Å²) in [5.41, 5.74) is -0.287. The van der Waals surface area contributed by atoms with E-state index in [1.165, 1.54) is 4.68 Å². The number of rotatable bonds is 0. The third-order valence-electron chi connectivity index (χ3n) is 2.90. The second-order valence-electron chi connectivity index (χ2n) is 3.98. The fourth-order valence-electron chi connectivity index (χ4n) is 1.93. The standard InChI is InChI=1S/C9H14F2N3P/c1-14-6-4-2-3-5-7(15)9(10,11)8(6)12-13-14/h7H,2-5,15H2,1H3. The summed E-state index contributed by atoms with van der Waals surface area (Å²) in [7, 11) is 3.90. The van der Waals surface area contributed by atoms with Crippen LogP contribution < -0.4 is 0 Å². The van der Waals surface area contributed by atoms with Crippen molar-refractivity contribution in [2.45, 2.75) is 37.3 Å². The molecule has 2 atom stereocenters. The highest BCUT2D eigenvalue weighted by Crippen LogP contribution is 2.40.